The molecule has 0 radical (unpaired) electrons. The number of nitrogens with zero attached hydrogens (tertiary/aromatic N) is 1. The molecule has 1 aromatic carbocycles. The Bertz CT molecular complexity index is 1030. The topological polar surface area (TPSA) is 45.8 Å². The van der Waals surface area contributed by atoms with Crippen LogP contribution in [0.1, 0.15) is 24.0 Å². The smallest absolute Gasteiger partial charge is 0.353 e. The quantitative estimate of drug-likeness (QED) is 0.744. The van der Waals surface area contributed by atoms with Crippen molar-refractivity contribution < 1.29 is 13.2 Å². The van der Waals surface area contributed by atoms with Crippen LogP contribution in [0.3, 0.4) is 0 Å². The molecule has 2 heterocycles. The molecule has 0 saturated heterocycles. The number of nitrogens with one attached hydrogen (secondary N) is 1. The van der Waals surface area contributed by atoms with Crippen molar-refractivity contribution in [1.29, 1.82) is 0 Å². The minimum atomic E-state index is -4.23. The van der Waals surface area contributed by atoms with E-state index in [1.54, 1.807) is 37.4 Å². The first-order chi connectivity index (χ1) is 11.8. The minimum Gasteiger partial charge on any atom is -0.353 e. The predicted octanol–water partition coefficient (Wildman–Crippen LogP) is 4.49. The molecule has 3 aromatic rings. The first kappa shape index (κ1) is 15.9. The highest BCUT2D eigenvalue weighted by Gasteiger charge is 2.64. The Morgan fingerprint density at radius 3 is 2.56 bits per heavy atom. The van der Waals surface area contributed by atoms with Crippen LogP contribution in [0, 0.1) is 6.92 Å². The van der Waals surface area contributed by atoms with Crippen LogP contribution in [-0.2, 0) is 5.41 Å². The van der Waals surface area contributed by atoms with E-state index in [1.165, 1.54) is 12.1 Å². The van der Waals surface area contributed by atoms with Crippen molar-refractivity contribution in [3.8, 4) is 11.3 Å². The van der Waals surface area contributed by atoms with E-state index in [4.69, 9.17) is 0 Å². The van der Waals surface area contributed by atoms with E-state index in [0.717, 1.165) is 0 Å². The second-order valence-electron chi connectivity index (χ2n) is 6.56. The fourth-order valence-electron chi connectivity index (χ4n) is 3.35. The van der Waals surface area contributed by atoms with Crippen LogP contribution in [0.25, 0.3) is 22.3 Å². The summed E-state index contributed by atoms with van der Waals surface area (Å²) < 4.78 is 39.9. The lowest BCUT2D eigenvalue weighted by molar-refractivity contribution is -0.160. The molecule has 3 nitrogen and oxygen atoms in total. The average Bonchev–Trinajstić information content (AvgIpc) is 3.36. The number of hydrogen-bond acceptors (Lipinski definition) is 2. The second kappa shape index (κ2) is 5.18. The van der Waals surface area contributed by atoms with Gasteiger partial charge in [-0.1, -0.05) is 18.2 Å². The number of benzene rings is 1. The number of halogens is 3. The molecule has 128 valence electrons. The lowest BCUT2D eigenvalue weighted by Gasteiger charge is -2.21. The van der Waals surface area contributed by atoms with Gasteiger partial charge in [0.25, 0.3) is 0 Å². The molecule has 0 unspecified atom stereocenters. The zero-order valence-electron chi connectivity index (χ0n) is 13.4. The van der Waals surface area contributed by atoms with Crippen LogP contribution in [0.2, 0.25) is 0 Å². The van der Waals surface area contributed by atoms with Gasteiger partial charge in [0.2, 0.25) is 5.43 Å². The largest absolute Gasteiger partial charge is 0.398 e. The Morgan fingerprint density at radius 2 is 1.92 bits per heavy atom. The summed E-state index contributed by atoms with van der Waals surface area (Å²) in [4.78, 5) is 19.4. The van der Waals surface area contributed by atoms with Gasteiger partial charge in [-0.3, -0.25) is 9.78 Å². The number of H-pyrrole nitrogens is 1. The molecule has 0 aliphatic heterocycles. The summed E-state index contributed by atoms with van der Waals surface area (Å²) in [5.74, 6) is 0. The van der Waals surface area contributed by atoms with E-state index in [2.05, 4.69) is 9.97 Å². The van der Waals surface area contributed by atoms with Crippen LogP contribution >= 0.6 is 0 Å². The van der Waals surface area contributed by atoms with E-state index in [1.807, 2.05) is 0 Å². The number of hydrogen-bond donors (Lipinski definition) is 1. The molecular formula is C19H15F3N2O. The van der Waals surface area contributed by atoms with Crippen molar-refractivity contribution in [3.05, 3.63) is 63.9 Å². The molecule has 1 aliphatic carbocycles. The summed E-state index contributed by atoms with van der Waals surface area (Å²) in [5.41, 5.74) is 1.31. The fourth-order valence-corrected chi connectivity index (χ4v) is 3.35. The molecule has 4 rings (SSSR count). The SMILES string of the molecule is Cc1cc(C2(C(F)(F)F)CC2)ccc1-c1cc(=O)c2ncccc2[nH]1. The normalized spacial score (nSPS) is 16.2. The lowest BCUT2D eigenvalue weighted by atomic mass is 9.91. The highest BCUT2D eigenvalue weighted by Crippen LogP contribution is 2.59. The summed E-state index contributed by atoms with van der Waals surface area (Å²) in [7, 11) is 0. The van der Waals surface area contributed by atoms with Crippen molar-refractivity contribution in [2.75, 3.05) is 0 Å². The van der Waals surface area contributed by atoms with Crippen LogP contribution < -0.4 is 5.43 Å². The Labute approximate surface area is 141 Å². The molecule has 1 saturated carbocycles. The number of alkyl halides is 3. The molecule has 0 bridgehead atoms. The zero-order chi connectivity index (χ0) is 17.8. The zero-order valence-corrected chi connectivity index (χ0v) is 13.4. The summed E-state index contributed by atoms with van der Waals surface area (Å²) in [6, 6.07) is 9.67. The molecule has 0 spiro atoms. The van der Waals surface area contributed by atoms with Gasteiger partial charge < -0.3 is 4.98 Å². The second-order valence-corrected chi connectivity index (χ2v) is 6.56. The van der Waals surface area contributed by atoms with E-state index in [9.17, 15) is 18.0 Å². The molecule has 1 N–H and O–H groups in total. The predicted molar refractivity (Wildman–Crippen MR) is 89.5 cm³/mol. The van der Waals surface area contributed by atoms with Gasteiger partial charge in [-0.05, 0) is 43.0 Å². The van der Waals surface area contributed by atoms with E-state index >= 15 is 0 Å². The van der Waals surface area contributed by atoms with Crippen LogP contribution in [-0.4, -0.2) is 16.1 Å². The first-order valence-electron chi connectivity index (χ1n) is 7.98. The maximum absolute atomic E-state index is 13.3. The van der Waals surface area contributed by atoms with Gasteiger partial charge in [0.05, 0.1) is 16.6 Å². The number of rotatable bonds is 2. The Hall–Kier alpha value is -2.63. The van der Waals surface area contributed by atoms with Gasteiger partial charge in [0.15, 0.2) is 0 Å². The number of aromatic nitrogens is 2. The third-order valence-corrected chi connectivity index (χ3v) is 4.95. The van der Waals surface area contributed by atoms with Crippen LogP contribution in [0.4, 0.5) is 13.2 Å². The van der Waals surface area contributed by atoms with Crippen molar-refractivity contribution in [2.45, 2.75) is 31.4 Å². The van der Waals surface area contributed by atoms with Gasteiger partial charge in [-0.25, -0.2) is 0 Å². The number of aromatic amines is 1. The number of fused-ring (bicyclic) bond motifs is 1. The molecule has 0 atom stereocenters. The standard InChI is InChI=1S/C19H15F3N2O/c1-11-9-12(18(6-7-18)19(20,21)22)4-5-13(11)15-10-16(25)17-14(24-15)3-2-8-23-17/h2-5,8-10H,6-7H2,1H3,(H,24,25). The Kier molecular flexibility index (Phi) is 3.29. The van der Waals surface area contributed by atoms with Crippen molar-refractivity contribution in [2.24, 2.45) is 0 Å². The van der Waals surface area contributed by atoms with Gasteiger partial charge >= 0.3 is 6.18 Å². The summed E-state index contributed by atoms with van der Waals surface area (Å²) >= 11 is 0. The Balaban J connectivity index is 1.82. The number of aryl methyl sites for hydroxylation is 1. The van der Waals surface area contributed by atoms with Crippen molar-refractivity contribution in [3.63, 3.8) is 0 Å². The maximum atomic E-state index is 13.3. The highest BCUT2D eigenvalue weighted by molar-refractivity contribution is 5.78. The molecule has 1 fully saturated rings. The van der Waals surface area contributed by atoms with E-state index in [-0.39, 0.29) is 18.3 Å². The third-order valence-electron chi connectivity index (χ3n) is 4.95. The highest BCUT2D eigenvalue weighted by atomic mass is 19.4. The van der Waals surface area contributed by atoms with Crippen molar-refractivity contribution in [1.82, 2.24) is 9.97 Å². The monoisotopic (exact) mass is 344 g/mol. The molecule has 2 aromatic heterocycles. The maximum Gasteiger partial charge on any atom is 0.398 e. The summed E-state index contributed by atoms with van der Waals surface area (Å²) in [6.07, 6.45) is -2.42. The lowest BCUT2D eigenvalue weighted by Crippen LogP contribution is -2.28. The summed E-state index contributed by atoms with van der Waals surface area (Å²) in [6.45, 7) is 1.76. The molecule has 6 heteroatoms. The van der Waals surface area contributed by atoms with Crippen LogP contribution in [0.5, 0.6) is 0 Å². The number of pyridine rings is 2. The fraction of sp³-hybridized carbons (Fsp3) is 0.263. The average molecular weight is 344 g/mol. The van der Waals surface area contributed by atoms with Gasteiger partial charge in [-0.2, -0.15) is 13.2 Å². The van der Waals surface area contributed by atoms with E-state index < -0.39 is 11.6 Å². The molecule has 0 amide bonds. The first-order valence-corrected chi connectivity index (χ1v) is 7.98. The van der Waals surface area contributed by atoms with E-state index in [0.29, 0.717) is 33.4 Å². The van der Waals surface area contributed by atoms with Gasteiger partial charge in [0.1, 0.15) is 5.52 Å². The molecular weight excluding hydrogens is 329 g/mol. The van der Waals surface area contributed by atoms with Crippen molar-refractivity contribution >= 4 is 11.0 Å². The summed E-state index contributed by atoms with van der Waals surface area (Å²) in [5, 5.41) is 0. The van der Waals surface area contributed by atoms with Gasteiger partial charge in [-0.15, -0.1) is 0 Å². The van der Waals surface area contributed by atoms with Crippen LogP contribution in [0.15, 0.2) is 47.4 Å². The molecule has 1 aliphatic rings. The Morgan fingerprint density at radius 1 is 1.16 bits per heavy atom. The molecule has 25 heavy (non-hydrogen) atoms. The third kappa shape index (κ3) is 2.44. The van der Waals surface area contributed by atoms with Gasteiger partial charge in [0, 0.05) is 17.8 Å². The minimum absolute atomic E-state index is 0.133.